The van der Waals surface area contributed by atoms with E-state index in [-0.39, 0.29) is 0 Å². The third-order valence-electron chi connectivity index (χ3n) is 4.69. The van der Waals surface area contributed by atoms with Crippen molar-refractivity contribution in [2.24, 2.45) is 5.10 Å². The molecular weight excluding hydrogens is 384 g/mol. The first kappa shape index (κ1) is 18.9. The highest BCUT2D eigenvalue weighted by Crippen LogP contribution is 2.26. The van der Waals surface area contributed by atoms with Crippen molar-refractivity contribution in [2.75, 3.05) is 14.2 Å². The molecule has 0 saturated carbocycles. The predicted octanol–water partition coefficient (Wildman–Crippen LogP) is 4.58. The summed E-state index contributed by atoms with van der Waals surface area (Å²) in [7, 11) is 3.30. The summed E-state index contributed by atoms with van der Waals surface area (Å²) in [5.74, 6) is 2.28. The van der Waals surface area contributed by atoms with E-state index in [1.165, 1.54) is 0 Å². The minimum Gasteiger partial charge on any atom is -0.497 e. The second kappa shape index (κ2) is 8.28. The zero-order chi connectivity index (χ0) is 20.2. The van der Waals surface area contributed by atoms with E-state index in [0.29, 0.717) is 11.2 Å². The van der Waals surface area contributed by atoms with Gasteiger partial charge in [-0.1, -0.05) is 42.5 Å². The van der Waals surface area contributed by atoms with E-state index < -0.39 is 0 Å². The van der Waals surface area contributed by atoms with Gasteiger partial charge in [-0.05, 0) is 46.8 Å². The van der Waals surface area contributed by atoms with E-state index in [9.17, 15) is 0 Å². The lowest BCUT2D eigenvalue weighted by Gasteiger charge is -2.08. The van der Waals surface area contributed by atoms with Crippen LogP contribution in [0.15, 0.2) is 65.8 Å². The molecule has 0 aliphatic carbocycles. The Labute approximate surface area is 173 Å². The highest BCUT2D eigenvalue weighted by molar-refractivity contribution is 7.71. The van der Waals surface area contributed by atoms with E-state index in [1.807, 2.05) is 54.6 Å². The molecule has 146 valence electrons. The highest BCUT2D eigenvalue weighted by atomic mass is 32.1. The maximum Gasteiger partial charge on any atom is 0.216 e. The second-order valence-corrected chi connectivity index (χ2v) is 6.82. The van der Waals surface area contributed by atoms with Crippen LogP contribution in [-0.2, 0) is 6.42 Å². The largest absolute Gasteiger partial charge is 0.497 e. The average Bonchev–Trinajstić information content (AvgIpc) is 3.11. The Morgan fingerprint density at radius 2 is 1.83 bits per heavy atom. The number of aromatic amines is 1. The molecule has 1 heterocycles. The molecule has 0 unspecified atom stereocenters. The molecule has 29 heavy (non-hydrogen) atoms. The Morgan fingerprint density at radius 3 is 2.59 bits per heavy atom. The van der Waals surface area contributed by atoms with Gasteiger partial charge in [-0.2, -0.15) is 14.9 Å². The van der Waals surface area contributed by atoms with Crippen molar-refractivity contribution in [3.8, 4) is 11.5 Å². The summed E-state index contributed by atoms with van der Waals surface area (Å²) in [6, 6.07) is 19.9. The lowest BCUT2D eigenvalue weighted by Crippen LogP contribution is -2.01. The van der Waals surface area contributed by atoms with Gasteiger partial charge in [-0.25, -0.2) is 0 Å². The van der Waals surface area contributed by atoms with Gasteiger partial charge in [0, 0.05) is 12.0 Å². The third kappa shape index (κ3) is 3.90. The number of methoxy groups -OCH3 is 2. The average molecular weight is 404 g/mol. The third-order valence-corrected chi connectivity index (χ3v) is 4.96. The quantitative estimate of drug-likeness (QED) is 0.377. The number of aromatic nitrogens is 3. The minimum absolute atomic E-state index is 0.434. The van der Waals surface area contributed by atoms with Crippen LogP contribution in [0.4, 0.5) is 0 Å². The fourth-order valence-electron chi connectivity index (χ4n) is 3.19. The monoisotopic (exact) mass is 404 g/mol. The standard InChI is InChI=1S/C22H20N4O2S/c1-27-17-10-7-15(8-11-17)13-21-24-25-22(29)26(21)23-14-19-18-6-4-3-5-16(18)9-12-20(19)28-2/h3-12,14H,13H2,1-2H3,(H,25,29)/b23-14-. The van der Waals surface area contributed by atoms with E-state index in [2.05, 4.69) is 21.4 Å². The van der Waals surface area contributed by atoms with E-state index >= 15 is 0 Å². The van der Waals surface area contributed by atoms with Gasteiger partial charge in [0.1, 0.15) is 11.5 Å². The number of benzene rings is 3. The first-order valence-electron chi connectivity index (χ1n) is 9.09. The number of nitrogens with one attached hydrogen (secondary N) is 1. The number of fused-ring (bicyclic) bond motifs is 1. The van der Waals surface area contributed by atoms with Crippen LogP contribution in [-0.4, -0.2) is 35.3 Å². The van der Waals surface area contributed by atoms with Crippen LogP contribution in [0, 0.1) is 4.77 Å². The van der Waals surface area contributed by atoms with Gasteiger partial charge >= 0.3 is 0 Å². The van der Waals surface area contributed by atoms with Crippen LogP contribution in [0.5, 0.6) is 11.5 Å². The zero-order valence-electron chi connectivity index (χ0n) is 16.1. The maximum atomic E-state index is 5.54. The van der Waals surface area contributed by atoms with Crippen LogP contribution in [0.2, 0.25) is 0 Å². The fraction of sp³-hybridized carbons (Fsp3) is 0.136. The molecule has 0 amide bonds. The molecule has 0 saturated heterocycles. The Bertz CT molecular complexity index is 1230. The van der Waals surface area contributed by atoms with Gasteiger partial charge in [-0.3, -0.25) is 5.10 Å². The van der Waals surface area contributed by atoms with Crippen molar-refractivity contribution >= 4 is 29.2 Å². The summed E-state index contributed by atoms with van der Waals surface area (Å²) >= 11 is 5.38. The maximum absolute atomic E-state index is 5.54. The molecule has 3 aromatic carbocycles. The van der Waals surface area contributed by atoms with Crippen LogP contribution >= 0.6 is 12.2 Å². The van der Waals surface area contributed by atoms with Crippen molar-refractivity contribution in [3.63, 3.8) is 0 Å². The first-order chi connectivity index (χ1) is 14.2. The van der Waals surface area contributed by atoms with Crippen molar-refractivity contribution in [2.45, 2.75) is 6.42 Å². The molecule has 0 bridgehead atoms. The van der Waals surface area contributed by atoms with Gasteiger partial charge < -0.3 is 9.47 Å². The molecule has 6 nitrogen and oxygen atoms in total. The number of hydrogen-bond acceptors (Lipinski definition) is 5. The Balaban J connectivity index is 1.70. The normalized spacial score (nSPS) is 11.2. The molecule has 0 radical (unpaired) electrons. The summed E-state index contributed by atoms with van der Waals surface area (Å²) in [4.78, 5) is 0. The molecule has 4 rings (SSSR count). The molecule has 1 aromatic heterocycles. The number of nitrogens with zero attached hydrogens (tertiary/aromatic N) is 3. The summed E-state index contributed by atoms with van der Waals surface area (Å²) in [5, 5.41) is 14.0. The topological polar surface area (TPSA) is 64.4 Å². The second-order valence-electron chi connectivity index (χ2n) is 6.43. The number of rotatable bonds is 6. The van der Waals surface area contributed by atoms with Crippen LogP contribution in [0.1, 0.15) is 17.0 Å². The lowest BCUT2D eigenvalue weighted by atomic mass is 10.0. The Hall–Kier alpha value is -3.45. The van der Waals surface area contributed by atoms with Crippen LogP contribution < -0.4 is 9.47 Å². The van der Waals surface area contributed by atoms with E-state index in [1.54, 1.807) is 25.1 Å². The number of H-pyrrole nitrogens is 1. The van der Waals surface area contributed by atoms with Gasteiger partial charge in [-0.15, -0.1) is 0 Å². The molecule has 0 atom stereocenters. The van der Waals surface area contributed by atoms with E-state index in [0.717, 1.165) is 39.2 Å². The highest BCUT2D eigenvalue weighted by Gasteiger charge is 2.09. The Kier molecular flexibility index (Phi) is 5.39. The molecule has 0 aliphatic rings. The summed E-state index contributed by atoms with van der Waals surface area (Å²) in [5.41, 5.74) is 1.98. The van der Waals surface area contributed by atoms with Gasteiger partial charge in [0.05, 0.1) is 20.4 Å². The van der Waals surface area contributed by atoms with Crippen molar-refractivity contribution in [1.29, 1.82) is 0 Å². The fourth-order valence-corrected chi connectivity index (χ4v) is 3.38. The smallest absolute Gasteiger partial charge is 0.216 e. The predicted molar refractivity (Wildman–Crippen MR) is 117 cm³/mol. The van der Waals surface area contributed by atoms with Crippen LogP contribution in [0.3, 0.4) is 0 Å². The number of hydrogen-bond donors (Lipinski definition) is 1. The van der Waals surface area contributed by atoms with E-state index in [4.69, 9.17) is 21.7 Å². The molecule has 7 heteroatoms. The lowest BCUT2D eigenvalue weighted by molar-refractivity contribution is 0.414. The molecule has 0 spiro atoms. The minimum atomic E-state index is 0.434. The van der Waals surface area contributed by atoms with Crippen LogP contribution in [0.25, 0.3) is 10.8 Å². The summed E-state index contributed by atoms with van der Waals surface area (Å²) in [6.45, 7) is 0. The van der Waals surface area contributed by atoms with Crippen molar-refractivity contribution in [1.82, 2.24) is 14.9 Å². The molecule has 0 aliphatic heterocycles. The summed E-state index contributed by atoms with van der Waals surface area (Å²) < 4.78 is 12.8. The van der Waals surface area contributed by atoms with Crippen molar-refractivity contribution in [3.05, 3.63) is 82.4 Å². The van der Waals surface area contributed by atoms with Gasteiger partial charge in [0.15, 0.2) is 5.82 Å². The Morgan fingerprint density at radius 1 is 1.03 bits per heavy atom. The molecular formula is C22H20N4O2S. The number of ether oxygens (including phenoxy) is 2. The van der Waals surface area contributed by atoms with Gasteiger partial charge in [0.2, 0.25) is 4.77 Å². The molecule has 4 aromatic rings. The molecule has 1 N–H and O–H groups in total. The zero-order valence-corrected chi connectivity index (χ0v) is 16.9. The van der Waals surface area contributed by atoms with Crippen molar-refractivity contribution < 1.29 is 9.47 Å². The SMILES string of the molecule is COc1ccc(Cc2n[nH]c(=S)n2/N=C\c2c(OC)ccc3ccccc23)cc1. The molecule has 0 fully saturated rings. The van der Waals surface area contributed by atoms with Gasteiger partial charge in [0.25, 0.3) is 0 Å². The first-order valence-corrected chi connectivity index (χ1v) is 9.49. The summed E-state index contributed by atoms with van der Waals surface area (Å²) in [6.07, 6.45) is 2.35.